The second kappa shape index (κ2) is 14.0. The van der Waals surface area contributed by atoms with Crippen molar-refractivity contribution in [3.05, 3.63) is 107 Å². The van der Waals surface area contributed by atoms with E-state index in [0.717, 1.165) is 41.6 Å². The molecule has 0 radical (unpaired) electrons. The molecule has 3 saturated heterocycles. The third-order valence-electron chi connectivity index (χ3n) is 10.1. The number of benzene rings is 2. The molecule has 53 heavy (non-hydrogen) atoms. The zero-order valence-electron chi connectivity index (χ0n) is 28.6. The Labute approximate surface area is 303 Å². The van der Waals surface area contributed by atoms with E-state index in [1.165, 1.54) is 18.2 Å². The van der Waals surface area contributed by atoms with Gasteiger partial charge in [-0.1, -0.05) is 29.5 Å². The number of pyridine rings is 1. The van der Waals surface area contributed by atoms with Gasteiger partial charge in [-0.3, -0.25) is 34.2 Å². The van der Waals surface area contributed by atoms with Gasteiger partial charge in [0.15, 0.2) is 5.78 Å². The van der Waals surface area contributed by atoms with Crippen molar-refractivity contribution in [2.75, 3.05) is 24.6 Å². The number of ketones is 1. The highest BCUT2D eigenvalue weighted by atomic mass is 16.5. The summed E-state index contributed by atoms with van der Waals surface area (Å²) in [6.07, 6.45) is 7.47. The van der Waals surface area contributed by atoms with Gasteiger partial charge >= 0.3 is 0 Å². The van der Waals surface area contributed by atoms with E-state index in [1.807, 2.05) is 30.6 Å². The van der Waals surface area contributed by atoms with E-state index >= 15 is 0 Å². The van der Waals surface area contributed by atoms with Crippen LogP contribution in [0.5, 0.6) is 11.5 Å². The van der Waals surface area contributed by atoms with E-state index in [4.69, 9.17) is 9.72 Å². The van der Waals surface area contributed by atoms with E-state index in [9.17, 15) is 29.1 Å². The molecular formula is C38H36N8O7. The molecule has 0 spiro atoms. The maximum Gasteiger partial charge on any atom is 0.266 e. The van der Waals surface area contributed by atoms with Crippen molar-refractivity contribution < 1.29 is 33.8 Å². The average Bonchev–Trinajstić information content (AvgIpc) is 3.94. The topological polar surface area (TPSA) is 180 Å². The zero-order valence-corrected chi connectivity index (χ0v) is 28.6. The molecule has 2 aromatic heterocycles. The number of aromatic hydroxyl groups is 1. The fraction of sp³-hybridized carbons (Fsp3) is 0.316. The minimum atomic E-state index is -1.04. The van der Waals surface area contributed by atoms with Gasteiger partial charge in [-0.05, 0) is 62.1 Å². The molecule has 270 valence electrons. The van der Waals surface area contributed by atoms with E-state index in [0.29, 0.717) is 19.4 Å². The number of phenolic OH excluding ortho intramolecular Hbond substituents is 1. The van der Waals surface area contributed by atoms with Gasteiger partial charge < -0.3 is 19.6 Å². The Bertz CT molecular complexity index is 2160. The van der Waals surface area contributed by atoms with Crippen molar-refractivity contribution in [1.82, 2.24) is 35.1 Å². The molecule has 3 atom stereocenters. The van der Waals surface area contributed by atoms with Crippen LogP contribution in [0.25, 0.3) is 0 Å². The molecule has 2 aromatic carbocycles. The van der Waals surface area contributed by atoms with E-state index in [1.54, 1.807) is 35.0 Å². The van der Waals surface area contributed by atoms with E-state index in [-0.39, 0.29) is 65.5 Å². The Hall–Kier alpha value is -6.38. The number of likely N-dealkylation sites (tertiary alicyclic amines) is 1. The highest BCUT2D eigenvalue weighted by Gasteiger charge is 2.46. The number of piperidine rings is 1. The molecule has 2 bridgehead atoms. The SMILES string of the molecule is O=C1CCC(N2C(=O)c3cccc(OCCCc4cn(Cc5cccc(N6C[C@H]7C[C@@H]6CN7/C=C/C(=O)c6ccccc6O)n5)nn4)c3C2=O)C(=O)N1. The molecule has 15 heteroatoms. The van der Waals surface area contributed by atoms with Crippen LogP contribution >= 0.6 is 0 Å². The first-order valence-electron chi connectivity index (χ1n) is 17.6. The number of aromatic nitrogens is 4. The molecule has 8 rings (SSSR count). The first-order chi connectivity index (χ1) is 25.7. The predicted octanol–water partition coefficient (Wildman–Crippen LogP) is 2.50. The molecule has 6 heterocycles. The number of rotatable bonds is 12. The lowest BCUT2D eigenvalue weighted by atomic mass is 10.0. The number of para-hydroxylation sites is 1. The third kappa shape index (κ3) is 6.61. The molecule has 4 amide bonds. The number of amides is 4. The number of imide groups is 2. The summed E-state index contributed by atoms with van der Waals surface area (Å²) in [6, 6.07) is 16.8. The van der Waals surface area contributed by atoms with Crippen LogP contribution in [0.15, 0.2) is 79.1 Å². The standard InChI is InChI=1S/C38H36N8O7/c47-30-10-2-1-8-27(30)31(48)15-16-43-21-26-18-25(43)22-45(26)33-12-3-6-23(39-33)19-44-20-24(41-42-44)7-5-17-53-32-11-4-9-28-35(32)38(52)46(37(28)51)29-13-14-34(49)40-36(29)50/h1-4,6,8-12,15-16,20,25-26,29,47H,5,7,13-14,17-19,21-22H2,(H,40,49,50)/b16-15+/t25-,26-,29?/m1/s1. The predicted molar refractivity (Wildman–Crippen MR) is 188 cm³/mol. The van der Waals surface area contributed by atoms with E-state index in [2.05, 4.69) is 25.4 Å². The lowest BCUT2D eigenvalue weighted by Crippen LogP contribution is -2.54. The van der Waals surface area contributed by atoms with Gasteiger partial charge in [-0.15, -0.1) is 5.10 Å². The normalized spacial score (nSPS) is 20.8. The number of aryl methyl sites for hydroxylation is 1. The number of piperazine rings is 1. The number of carbonyl (C=O) groups excluding carboxylic acids is 5. The van der Waals surface area contributed by atoms with Gasteiger partial charge in [-0.2, -0.15) is 0 Å². The average molecular weight is 717 g/mol. The largest absolute Gasteiger partial charge is 0.507 e. The maximum atomic E-state index is 13.3. The molecule has 4 aliphatic heterocycles. The summed E-state index contributed by atoms with van der Waals surface area (Å²) in [4.78, 5) is 73.3. The number of phenols is 1. The monoisotopic (exact) mass is 716 g/mol. The highest BCUT2D eigenvalue weighted by molar-refractivity contribution is 6.24. The number of allylic oxidation sites excluding steroid dienone is 1. The second-order valence-corrected chi connectivity index (χ2v) is 13.6. The van der Waals surface area contributed by atoms with Crippen molar-refractivity contribution in [3.8, 4) is 11.5 Å². The van der Waals surface area contributed by atoms with Crippen LogP contribution in [0, 0.1) is 0 Å². The van der Waals surface area contributed by atoms with Crippen LogP contribution in [0.1, 0.15) is 68.1 Å². The lowest BCUT2D eigenvalue weighted by molar-refractivity contribution is -0.136. The first kappa shape index (κ1) is 33.7. The molecule has 15 nitrogen and oxygen atoms in total. The smallest absolute Gasteiger partial charge is 0.266 e. The number of ether oxygens (including phenoxy) is 1. The number of fused-ring (bicyclic) bond motifs is 3. The Kier molecular flexibility index (Phi) is 8.90. The van der Waals surface area contributed by atoms with Crippen molar-refractivity contribution in [2.45, 2.75) is 56.8 Å². The van der Waals surface area contributed by atoms with E-state index < -0.39 is 29.7 Å². The molecule has 3 fully saturated rings. The summed E-state index contributed by atoms with van der Waals surface area (Å²) in [5, 5.41) is 20.8. The van der Waals surface area contributed by atoms with Gasteiger partial charge in [0.25, 0.3) is 11.8 Å². The Balaban J connectivity index is 0.826. The van der Waals surface area contributed by atoms with Crippen LogP contribution in [-0.2, 0) is 22.6 Å². The summed E-state index contributed by atoms with van der Waals surface area (Å²) in [6.45, 7) is 2.27. The highest BCUT2D eigenvalue weighted by Crippen LogP contribution is 2.35. The minimum Gasteiger partial charge on any atom is -0.507 e. The summed E-state index contributed by atoms with van der Waals surface area (Å²) in [5.74, 6) is -1.36. The molecule has 4 aliphatic rings. The quantitative estimate of drug-likeness (QED) is 0.0949. The summed E-state index contributed by atoms with van der Waals surface area (Å²) >= 11 is 0. The number of carbonyl (C=O) groups is 5. The maximum absolute atomic E-state index is 13.3. The Morgan fingerprint density at radius 3 is 2.62 bits per heavy atom. The molecule has 2 N–H and O–H groups in total. The molecular weight excluding hydrogens is 680 g/mol. The van der Waals surface area contributed by atoms with Crippen LogP contribution in [0.3, 0.4) is 0 Å². The summed E-state index contributed by atoms with van der Waals surface area (Å²) in [7, 11) is 0. The van der Waals surface area contributed by atoms with Crippen molar-refractivity contribution in [1.29, 1.82) is 0 Å². The van der Waals surface area contributed by atoms with Crippen molar-refractivity contribution in [2.24, 2.45) is 0 Å². The van der Waals surface area contributed by atoms with Gasteiger partial charge in [-0.25, -0.2) is 9.67 Å². The number of anilines is 1. The van der Waals surface area contributed by atoms with Gasteiger partial charge in [0.2, 0.25) is 11.8 Å². The van der Waals surface area contributed by atoms with Crippen LogP contribution < -0.4 is 15.0 Å². The summed E-state index contributed by atoms with van der Waals surface area (Å²) in [5.41, 5.74) is 2.19. The number of hydrogen-bond acceptors (Lipinski definition) is 12. The molecule has 0 saturated carbocycles. The first-order valence-corrected chi connectivity index (χ1v) is 17.6. The fourth-order valence-electron chi connectivity index (χ4n) is 7.55. The lowest BCUT2D eigenvalue weighted by Gasteiger charge is -2.34. The van der Waals surface area contributed by atoms with Crippen LogP contribution in [0.4, 0.5) is 5.82 Å². The fourth-order valence-corrected chi connectivity index (χ4v) is 7.55. The minimum absolute atomic E-state index is 0.0236. The second-order valence-electron chi connectivity index (χ2n) is 13.6. The third-order valence-corrected chi connectivity index (χ3v) is 10.1. The van der Waals surface area contributed by atoms with Gasteiger partial charge in [0.05, 0.1) is 41.2 Å². The van der Waals surface area contributed by atoms with Crippen LogP contribution in [-0.4, -0.2) is 102 Å². The zero-order chi connectivity index (χ0) is 36.6. The Morgan fingerprint density at radius 1 is 0.962 bits per heavy atom. The number of nitrogens with zero attached hydrogens (tertiary/aromatic N) is 7. The van der Waals surface area contributed by atoms with Gasteiger partial charge in [0.1, 0.15) is 23.4 Å². The molecule has 1 unspecified atom stereocenters. The van der Waals surface area contributed by atoms with Crippen molar-refractivity contribution in [3.63, 3.8) is 0 Å². The molecule has 0 aliphatic carbocycles. The number of hydrogen-bond donors (Lipinski definition) is 2. The summed E-state index contributed by atoms with van der Waals surface area (Å²) < 4.78 is 7.69. The van der Waals surface area contributed by atoms with Crippen molar-refractivity contribution >= 4 is 35.2 Å². The molecule has 4 aromatic rings. The Morgan fingerprint density at radius 2 is 1.81 bits per heavy atom. The number of nitrogens with one attached hydrogen (secondary N) is 1. The van der Waals surface area contributed by atoms with Gasteiger partial charge in [0, 0.05) is 50.1 Å². The van der Waals surface area contributed by atoms with Crippen LogP contribution in [0.2, 0.25) is 0 Å².